The van der Waals surface area contributed by atoms with E-state index in [9.17, 15) is 4.79 Å². The zero-order valence-corrected chi connectivity index (χ0v) is 19.9. The van der Waals surface area contributed by atoms with Crippen molar-refractivity contribution in [2.75, 3.05) is 6.61 Å². The van der Waals surface area contributed by atoms with Gasteiger partial charge >= 0.3 is 0 Å². The molecule has 1 saturated heterocycles. The summed E-state index contributed by atoms with van der Waals surface area (Å²) in [7, 11) is 0. The average Bonchev–Trinajstić information content (AvgIpc) is 3.36. The van der Waals surface area contributed by atoms with Crippen LogP contribution in [0.2, 0.25) is 0 Å². The number of nitrogens with zero attached hydrogens (tertiary/aromatic N) is 2. The number of halogens is 1. The number of primary amides is 1. The second kappa shape index (κ2) is 9.20. The van der Waals surface area contributed by atoms with Crippen molar-refractivity contribution in [2.24, 2.45) is 11.7 Å². The van der Waals surface area contributed by atoms with E-state index in [1.807, 2.05) is 36.4 Å². The highest BCUT2D eigenvalue weighted by atomic mass is 79.9. The number of aromatic nitrogens is 2. The van der Waals surface area contributed by atoms with Gasteiger partial charge in [-0.2, -0.15) is 0 Å². The molecule has 1 saturated carbocycles. The maximum absolute atomic E-state index is 13.2. The first kappa shape index (κ1) is 22.7. The predicted octanol–water partition coefficient (Wildman–Crippen LogP) is 0.300. The van der Waals surface area contributed by atoms with Crippen LogP contribution >= 0.6 is 0 Å². The van der Waals surface area contributed by atoms with E-state index in [1.54, 1.807) is 0 Å². The van der Waals surface area contributed by atoms with E-state index >= 15 is 0 Å². The Balaban J connectivity index is 0.00000245. The van der Waals surface area contributed by atoms with E-state index in [0.717, 1.165) is 43.5 Å². The highest BCUT2D eigenvalue weighted by molar-refractivity contribution is 5.91. The lowest BCUT2D eigenvalue weighted by Crippen LogP contribution is -3.00. The van der Waals surface area contributed by atoms with Gasteiger partial charge in [0.15, 0.2) is 0 Å². The summed E-state index contributed by atoms with van der Waals surface area (Å²) in [5, 5.41) is 0. The lowest BCUT2D eigenvalue weighted by Gasteiger charge is -2.37. The van der Waals surface area contributed by atoms with Crippen LogP contribution in [0.3, 0.4) is 0 Å². The lowest BCUT2D eigenvalue weighted by atomic mass is 9.64. The number of epoxide rings is 1. The smallest absolute Gasteiger partial charge is 0.253 e. The molecule has 0 spiro atoms. The van der Waals surface area contributed by atoms with Crippen molar-refractivity contribution in [1.29, 1.82) is 0 Å². The van der Waals surface area contributed by atoms with Crippen LogP contribution < -0.4 is 27.3 Å². The van der Waals surface area contributed by atoms with Crippen LogP contribution in [0.15, 0.2) is 73.1 Å². The number of benzene rings is 2. The Kier molecular flexibility index (Phi) is 6.54. The normalized spacial score (nSPS) is 22.3. The molecule has 5 rings (SSSR count). The summed E-state index contributed by atoms with van der Waals surface area (Å²) in [6.45, 7) is 3.94. The number of imidazole rings is 1. The molecule has 168 valence electrons. The fourth-order valence-corrected chi connectivity index (χ4v) is 5.62. The maximum Gasteiger partial charge on any atom is 0.253 e. The van der Waals surface area contributed by atoms with Gasteiger partial charge in [-0.25, -0.2) is 9.13 Å². The zero-order valence-electron chi connectivity index (χ0n) is 18.4. The number of amides is 1. The quantitative estimate of drug-likeness (QED) is 0.378. The van der Waals surface area contributed by atoms with Gasteiger partial charge in [0.2, 0.25) is 5.91 Å². The summed E-state index contributed by atoms with van der Waals surface area (Å²) in [6.07, 6.45) is 7.61. The van der Waals surface area contributed by atoms with Crippen LogP contribution in [0.5, 0.6) is 0 Å². The number of carbonyl (C=O) groups is 1. The molecule has 1 aliphatic heterocycles. The van der Waals surface area contributed by atoms with E-state index in [4.69, 9.17) is 10.5 Å². The van der Waals surface area contributed by atoms with E-state index in [2.05, 4.69) is 52.7 Å². The van der Waals surface area contributed by atoms with E-state index < -0.39 is 5.41 Å². The Morgan fingerprint density at radius 3 is 2.22 bits per heavy atom. The van der Waals surface area contributed by atoms with E-state index in [0.29, 0.717) is 12.1 Å². The monoisotopic (exact) mass is 495 g/mol. The van der Waals surface area contributed by atoms with Gasteiger partial charge in [0.1, 0.15) is 36.5 Å². The van der Waals surface area contributed by atoms with Crippen LogP contribution in [0, 0.1) is 12.8 Å². The second-order valence-corrected chi connectivity index (χ2v) is 8.93. The van der Waals surface area contributed by atoms with Crippen LogP contribution in [0.25, 0.3) is 0 Å². The Bertz CT molecular complexity index is 1020. The molecule has 1 unspecified atom stereocenters. The Hall–Kier alpha value is -2.44. The van der Waals surface area contributed by atoms with Crippen molar-refractivity contribution in [3.8, 4) is 0 Å². The zero-order chi connectivity index (χ0) is 21.4. The Morgan fingerprint density at radius 1 is 1.09 bits per heavy atom. The van der Waals surface area contributed by atoms with Gasteiger partial charge in [-0.15, -0.1) is 0 Å². The largest absolute Gasteiger partial charge is 1.00 e. The predicted molar refractivity (Wildman–Crippen MR) is 118 cm³/mol. The molecule has 3 atom stereocenters. The molecule has 0 radical (unpaired) electrons. The second-order valence-electron chi connectivity index (χ2n) is 8.93. The van der Waals surface area contributed by atoms with Gasteiger partial charge in [0.05, 0.1) is 6.61 Å². The van der Waals surface area contributed by atoms with Crippen molar-refractivity contribution in [2.45, 2.75) is 50.3 Å². The molecule has 1 amide bonds. The highest BCUT2D eigenvalue weighted by Crippen LogP contribution is 2.49. The summed E-state index contributed by atoms with van der Waals surface area (Å²) in [5.41, 5.74) is 7.39. The average molecular weight is 496 g/mol. The van der Waals surface area contributed by atoms with Gasteiger partial charge in [0.25, 0.3) is 5.82 Å². The van der Waals surface area contributed by atoms with Gasteiger partial charge < -0.3 is 27.5 Å². The number of ether oxygens (including phenoxy) is 1. The van der Waals surface area contributed by atoms with Gasteiger partial charge in [-0.1, -0.05) is 60.7 Å². The molecule has 6 heteroatoms. The first-order chi connectivity index (χ1) is 15.1. The number of hydrogen-bond donors (Lipinski definition) is 1. The third kappa shape index (κ3) is 3.90. The van der Waals surface area contributed by atoms with E-state index in [-0.39, 0.29) is 28.8 Å². The van der Waals surface area contributed by atoms with Crippen molar-refractivity contribution in [1.82, 2.24) is 4.57 Å². The Morgan fingerprint density at radius 2 is 1.69 bits per heavy atom. The minimum Gasteiger partial charge on any atom is -1.00 e. The minimum atomic E-state index is -0.823. The molecule has 2 aromatic carbocycles. The standard InChI is InChI=1S/C26H29N3O2.BrH/c1-19-28(17-24-18-31-24)14-15-29(19)23-13-12-22(16-23)26(25(27)30,20-8-4-2-5-9-20)21-10-6-3-7-11-21;/h2-11,14-15,22-24H,12-13,16-18H2,1H3,(H-,27,30);1H/t22-,23+,24?;/m1./s1. The first-order valence-corrected chi connectivity index (χ1v) is 11.2. The van der Waals surface area contributed by atoms with Crippen LogP contribution in [-0.4, -0.2) is 23.2 Å². The van der Waals surface area contributed by atoms with Crippen molar-refractivity contribution in [3.05, 3.63) is 90.0 Å². The Labute approximate surface area is 200 Å². The molecular formula is C26H30BrN3O2. The van der Waals surface area contributed by atoms with Gasteiger partial charge in [0, 0.05) is 6.92 Å². The summed E-state index contributed by atoms with van der Waals surface area (Å²) in [6, 6.07) is 20.5. The minimum absolute atomic E-state index is 0. The summed E-state index contributed by atoms with van der Waals surface area (Å²) in [5.74, 6) is 1.12. The van der Waals surface area contributed by atoms with Gasteiger partial charge in [-0.3, -0.25) is 4.79 Å². The molecule has 5 nitrogen and oxygen atoms in total. The molecule has 32 heavy (non-hydrogen) atoms. The molecule has 3 aromatic rings. The molecule has 2 aliphatic rings. The maximum atomic E-state index is 13.2. The molecule has 1 aromatic heterocycles. The third-order valence-corrected chi connectivity index (χ3v) is 7.26. The molecule has 2 N–H and O–H groups in total. The van der Waals surface area contributed by atoms with E-state index in [1.165, 1.54) is 5.82 Å². The van der Waals surface area contributed by atoms with Crippen LogP contribution in [-0.2, 0) is 21.5 Å². The number of carbonyl (C=O) groups excluding carboxylic acids is 1. The summed E-state index contributed by atoms with van der Waals surface area (Å²) >= 11 is 0. The molecule has 1 aliphatic carbocycles. The lowest BCUT2D eigenvalue weighted by molar-refractivity contribution is -0.703. The molecule has 0 bridgehead atoms. The van der Waals surface area contributed by atoms with Crippen molar-refractivity contribution < 1.29 is 31.1 Å². The topological polar surface area (TPSA) is 64.4 Å². The highest BCUT2D eigenvalue weighted by Gasteiger charge is 2.51. The first-order valence-electron chi connectivity index (χ1n) is 11.2. The van der Waals surface area contributed by atoms with Crippen LogP contribution in [0.1, 0.15) is 42.3 Å². The van der Waals surface area contributed by atoms with Crippen molar-refractivity contribution in [3.63, 3.8) is 0 Å². The van der Waals surface area contributed by atoms with Crippen molar-refractivity contribution >= 4 is 5.91 Å². The third-order valence-electron chi connectivity index (χ3n) is 7.26. The molecule has 2 fully saturated rings. The molecular weight excluding hydrogens is 466 g/mol. The molecule has 2 heterocycles. The summed E-state index contributed by atoms with van der Waals surface area (Å²) in [4.78, 5) is 13.2. The SMILES string of the molecule is Cc1n([C@H]2CC[C@@H](C(C(N)=O)(c3ccccc3)c3ccccc3)C2)cc[n+]1CC1CO1.[Br-]. The number of nitrogens with two attached hydrogens (primary N) is 1. The number of hydrogen-bond acceptors (Lipinski definition) is 2. The fourth-order valence-electron chi connectivity index (χ4n) is 5.62. The van der Waals surface area contributed by atoms with Gasteiger partial charge in [-0.05, 0) is 36.3 Å². The number of rotatable bonds is 7. The fraction of sp³-hybridized carbons (Fsp3) is 0.385. The summed E-state index contributed by atoms with van der Waals surface area (Å²) < 4.78 is 10.1. The van der Waals surface area contributed by atoms with Crippen LogP contribution in [0.4, 0.5) is 0 Å².